The smallest absolute Gasteiger partial charge is 0.358 e. The highest BCUT2D eigenvalue weighted by molar-refractivity contribution is 6.44. The van der Waals surface area contributed by atoms with Gasteiger partial charge in [-0.25, -0.2) is 14.6 Å². The van der Waals surface area contributed by atoms with Gasteiger partial charge in [0.1, 0.15) is 10.6 Å². The summed E-state index contributed by atoms with van der Waals surface area (Å²) >= 11 is 11.3. The third kappa shape index (κ3) is 3.33. The van der Waals surface area contributed by atoms with Crippen molar-refractivity contribution in [2.24, 2.45) is 0 Å². The Bertz CT molecular complexity index is 522. The molecule has 1 heterocycles. The van der Waals surface area contributed by atoms with Crippen LogP contribution in [0.25, 0.3) is 0 Å². The van der Waals surface area contributed by atoms with Crippen molar-refractivity contribution < 1.29 is 23.5 Å². The maximum Gasteiger partial charge on any atom is 0.358 e. The Balaban J connectivity index is 3.43. The fourth-order valence-electron chi connectivity index (χ4n) is 1.24. The Labute approximate surface area is 118 Å². The zero-order valence-corrected chi connectivity index (χ0v) is 11.6. The van der Waals surface area contributed by atoms with Gasteiger partial charge in [-0.1, -0.05) is 23.2 Å². The first kappa shape index (κ1) is 15.7. The summed E-state index contributed by atoms with van der Waals surface area (Å²) in [7, 11) is 0. The van der Waals surface area contributed by atoms with E-state index in [1.165, 1.54) is 0 Å². The number of pyridine rings is 1. The molecule has 0 unspecified atom stereocenters. The second-order valence-electron chi connectivity index (χ2n) is 3.20. The SMILES string of the molecule is CCOC(=O)c1nc(F)c(Cl)c(Cl)c1C(=O)OCC. The lowest BCUT2D eigenvalue weighted by Gasteiger charge is -2.10. The average Bonchev–Trinajstić information content (AvgIpc) is 2.35. The molecule has 0 atom stereocenters. The summed E-state index contributed by atoms with van der Waals surface area (Å²) in [6.45, 7) is 3.20. The maximum atomic E-state index is 13.4. The highest BCUT2D eigenvalue weighted by Gasteiger charge is 2.28. The van der Waals surface area contributed by atoms with Crippen LogP contribution in [-0.4, -0.2) is 30.1 Å². The van der Waals surface area contributed by atoms with E-state index in [1.54, 1.807) is 13.8 Å². The summed E-state index contributed by atoms with van der Waals surface area (Å²) in [4.78, 5) is 26.6. The lowest BCUT2D eigenvalue weighted by molar-refractivity contribution is 0.0472. The fraction of sp³-hybridized carbons (Fsp3) is 0.364. The first-order valence-electron chi connectivity index (χ1n) is 5.32. The van der Waals surface area contributed by atoms with Crippen molar-refractivity contribution in [1.29, 1.82) is 0 Å². The predicted octanol–water partition coefficient (Wildman–Crippen LogP) is 2.88. The molecule has 0 aromatic carbocycles. The number of esters is 2. The molecule has 8 heteroatoms. The van der Waals surface area contributed by atoms with Gasteiger partial charge in [-0.05, 0) is 13.8 Å². The fourth-order valence-corrected chi connectivity index (χ4v) is 1.63. The molecular formula is C11H10Cl2FNO4. The molecule has 1 aromatic rings. The van der Waals surface area contributed by atoms with Crippen molar-refractivity contribution in [3.05, 3.63) is 27.3 Å². The third-order valence-corrected chi connectivity index (χ3v) is 2.81. The normalized spacial score (nSPS) is 10.2. The summed E-state index contributed by atoms with van der Waals surface area (Å²) in [6, 6.07) is 0. The lowest BCUT2D eigenvalue weighted by atomic mass is 10.2. The minimum Gasteiger partial charge on any atom is -0.462 e. The molecule has 5 nitrogen and oxygen atoms in total. The molecule has 0 aliphatic heterocycles. The molecule has 19 heavy (non-hydrogen) atoms. The Kier molecular flexibility index (Phi) is 5.50. The van der Waals surface area contributed by atoms with Crippen LogP contribution in [-0.2, 0) is 9.47 Å². The number of ether oxygens (including phenoxy) is 2. The molecule has 0 saturated heterocycles. The average molecular weight is 310 g/mol. The number of carbonyl (C=O) groups is 2. The van der Waals surface area contributed by atoms with Crippen LogP contribution in [0, 0.1) is 5.95 Å². The molecule has 0 aliphatic rings. The number of carbonyl (C=O) groups excluding carboxylic acids is 2. The van der Waals surface area contributed by atoms with Crippen molar-refractivity contribution in [2.45, 2.75) is 13.8 Å². The van der Waals surface area contributed by atoms with E-state index < -0.39 is 39.2 Å². The van der Waals surface area contributed by atoms with Crippen molar-refractivity contribution in [3.63, 3.8) is 0 Å². The molecule has 104 valence electrons. The van der Waals surface area contributed by atoms with Crippen LogP contribution >= 0.6 is 23.2 Å². The topological polar surface area (TPSA) is 65.5 Å². The van der Waals surface area contributed by atoms with E-state index in [2.05, 4.69) is 9.72 Å². The number of hydrogen-bond acceptors (Lipinski definition) is 5. The number of aromatic nitrogens is 1. The van der Waals surface area contributed by atoms with Crippen LogP contribution in [0.5, 0.6) is 0 Å². The van der Waals surface area contributed by atoms with Gasteiger partial charge in [0.2, 0.25) is 5.95 Å². The molecule has 1 aromatic heterocycles. The van der Waals surface area contributed by atoms with Crippen LogP contribution in [0.2, 0.25) is 10.0 Å². The summed E-state index contributed by atoms with van der Waals surface area (Å²) in [6.07, 6.45) is 0. The monoisotopic (exact) mass is 309 g/mol. The number of halogens is 3. The zero-order chi connectivity index (χ0) is 14.6. The van der Waals surface area contributed by atoms with Crippen molar-refractivity contribution >= 4 is 35.1 Å². The van der Waals surface area contributed by atoms with Crippen LogP contribution in [0.15, 0.2) is 0 Å². The van der Waals surface area contributed by atoms with Gasteiger partial charge >= 0.3 is 11.9 Å². The zero-order valence-electron chi connectivity index (χ0n) is 10.1. The molecule has 0 bridgehead atoms. The van der Waals surface area contributed by atoms with E-state index in [4.69, 9.17) is 27.9 Å². The third-order valence-electron chi connectivity index (χ3n) is 1.99. The van der Waals surface area contributed by atoms with Gasteiger partial charge in [0, 0.05) is 0 Å². The summed E-state index contributed by atoms with van der Waals surface area (Å²) in [5, 5.41) is -0.992. The first-order valence-corrected chi connectivity index (χ1v) is 6.08. The van der Waals surface area contributed by atoms with Gasteiger partial charge in [0.25, 0.3) is 0 Å². The Hall–Kier alpha value is -1.40. The Morgan fingerprint density at radius 2 is 1.63 bits per heavy atom. The molecule has 0 amide bonds. The van der Waals surface area contributed by atoms with Crippen LogP contribution in [0.1, 0.15) is 34.7 Å². The summed E-state index contributed by atoms with van der Waals surface area (Å²) in [5.74, 6) is -3.07. The number of nitrogens with zero attached hydrogens (tertiary/aromatic N) is 1. The highest BCUT2D eigenvalue weighted by atomic mass is 35.5. The van der Waals surface area contributed by atoms with Crippen molar-refractivity contribution in [2.75, 3.05) is 13.2 Å². The standard InChI is InChI=1S/C11H10Cl2FNO4/c1-3-18-10(16)5-6(12)7(13)9(14)15-8(5)11(17)19-4-2/h3-4H2,1-2H3. The van der Waals surface area contributed by atoms with Crippen LogP contribution in [0.3, 0.4) is 0 Å². The van der Waals surface area contributed by atoms with Crippen molar-refractivity contribution in [3.8, 4) is 0 Å². The van der Waals surface area contributed by atoms with E-state index in [1.807, 2.05) is 0 Å². The molecule has 0 radical (unpaired) electrons. The van der Waals surface area contributed by atoms with E-state index in [0.29, 0.717) is 0 Å². The Morgan fingerprint density at radius 1 is 1.11 bits per heavy atom. The minimum atomic E-state index is -1.16. The number of rotatable bonds is 4. The van der Waals surface area contributed by atoms with Gasteiger partial charge in [-0.3, -0.25) is 0 Å². The van der Waals surface area contributed by atoms with Gasteiger partial charge in [0.15, 0.2) is 5.69 Å². The lowest BCUT2D eigenvalue weighted by Crippen LogP contribution is -2.18. The second kappa shape index (κ2) is 6.68. The first-order chi connectivity index (χ1) is 8.93. The van der Waals surface area contributed by atoms with E-state index >= 15 is 0 Å². The second-order valence-corrected chi connectivity index (χ2v) is 3.95. The maximum absolute atomic E-state index is 13.4. The van der Waals surface area contributed by atoms with Gasteiger partial charge in [-0.15, -0.1) is 0 Å². The molecule has 0 N–H and O–H groups in total. The molecule has 1 rings (SSSR count). The largest absolute Gasteiger partial charge is 0.462 e. The van der Waals surface area contributed by atoms with Crippen LogP contribution < -0.4 is 0 Å². The predicted molar refractivity (Wildman–Crippen MR) is 66.1 cm³/mol. The number of hydrogen-bond donors (Lipinski definition) is 0. The van der Waals surface area contributed by atoms with Crippen LogP contribution in [0.4, 0.5) is 4.39 Å². The van der Waals surface area contributed by atoms with Gasteiger partial charge < -0.3 is 9.47 Å². The molecule has 0 aliphatic carbocycles. The Morgan fingerprint density at radius 3 is 2.16 bits per heavy atom. The molecule has 0 fully saturated rings. The summed E-state index contributed by atoms with van der Waals surface area (Å²) in [5.41, 5.74) is -0.972. The van der Waals surface area contributed by atoms with E-state index in [-0.39, 0.29) is 13.2 Å². The van der Waals surface area contributed by atoms with Gasteiger partial charge in [-0.2, -0.15) is 4.39 Å². The minimum absolute atomic E-state index is 0.0324. The van der Waals surface area contributed by atoms with E-state index in [0.717, 1.165) is 0 Å². The van der Waals surface area contributed by atoms with Gasteiger partial charge in [0.05, 0.1) is 18.2 Å². The van der Waals surface area contributed by atoms with Crippen molar-refractivity contribution in [1.82, 2.24) is 4.98 Å². The molecule has 0 spiro atoms. The quantitative estimate of drug-likeness (QED) is 0.632. The summed E-state index contributed by atoms with van der Waals surface area (Å²) < 4.78 is 22.8. The van der Waals surface area contributed by atoms with E-state index in [9.17, 15) is 14.0 Å². The molecular weight excluding hydrogens is 300 g/mol. The molecule has 0 saturated carbocycles. The highest BCUT2D eigenvalue weighted by Crippen LogP contribution is 2.30.